The van der Waals surface area contributed by atoms with Crippen molar-refractivity contribution in [2.45, 2.75) is 63.1 Å². The van der Waals surface area contributed by atoms with E-state index in [1.165, 1.54) is 0 Å². The van der Waals surface area contributed by atoms with Crippen LogP contribution in [0.1, 0.15) is 38.2 Å². The molecule has 2 heterocycles. The number of carbonyl (C=O) groups excluding carboxylic acids is 1. The molecule has 1 amide bonds. The Kier molecular flexibility index (Phi) is 7.16. The number of hydrogen-bond acceptors (Lipinski definition) is 4. The van der Waals surface area contributed by atoms with E-state index in [1.807, 2.05) is 31.2 Å². The van der Waals surface area contributed by atoms with Crippen LogP contribution in [0.4, 0.5) is 31.1 Å². The third kappa shape index (κ3) is 5.60. The Balaban J connectivity index is 1.62. The quantitative estimate of drug-likeness (QED) is 0.561. The molecule has 3 rings (SSSR count). The molecule has 0 bridgehead atoms. The molecule has 0 aromatic heterocycles. The van der Waals surface area contributed by atoms with Gasteiger partial charge in [0, 0.05) is 25.2 Å². The van der Waals surface area contributed by atoms with E-state index >= 15 is 0 Å². The highest BCUT2D eigenvalue weighted by Crippen LogP contribution is 2.40. The smallest absolute Gasteiger partial charge is 0.434 e. The van der Waals surface area contributed by atoms with Crippen LogP contribution >= 0.6 is 0 Å². The van der Waals surface area contributed by atoms with Gasteiger partial charge in [0.25, 0.3) is 6.10 Å². The number of alkyl halides is 6. The number of piperidine rings is 1. The number of carbonyl (C=O) groups is 1. The Hall–Kier alpha value is -2.17. The highest BCUT2D eigenvalue weighted by Gasteiger charge is 2.60. The molecule has 2 aliphatic rings. The molecule has 1 aromatic carbocycles. The molecule has 2 saturated heterocycles. The molecule has 0 radical (unpaired) electrons. The lowest BCUT2D eigenvalue weighted by atomic mass is 9.85. The van der Waals surface area contributed by atoms with Crippen molar-refractivity contribution in [3.63, 3.8) is 0 Å². The van der Waals surface area contributed by atoms with Gasteiger partial charge in [-0.3, -0.25) is 4.90 Å². The Bertz CT molecular complexity index is 776. The first-order chi connectivity index (χ1) is 14.9. The maximum absolute atomic E-state index is 12.7. The lowest BCUT2D eigenvalue weighted by molar-refractivity contribution is -0.308. The summed E-state index contributed by atoms with van der Waals surface area (Å²) in [7, 11) is 0. The number of benzene rings is 1. The first kappa shape index (κ1) is 24.5. The molecule has 0 unspecified atom stereocenters. The van der Waals surface area contributed by atoms with Gasteiger partial charge in [-0.15, -0.1) is 0 Å². The second-order valence-corrected chi connectivity index (χ2v) is 8.16. The van der Waals surface area contributed by atoms with Gasteiger partial charge in [-0.25, -0.2) is 4.79 Å². The van der Waals surface area contributed by atoms with Crippen LogP contribution in [0.15, 0.2) is 24.3 Å². The molecule has 5 nitrogen and oxygen atoms in total. The summed E-state index contributed by atoms with van der Waals surface area (Å²) in [5.41, 5.74) is 0.809. The van der Waals surface area contributed by atoms with Crippen LogP contribution in [-0.4, -0.2) is 66.1 Å². The zero-order valence-electron chi connectivity index (χ0n) is 17.6. The maximum atomic E-state index is 12.7. The van der Waals surface area contributed by atoms with E-state index in [4.69, 9.17) is 4.74 Å². The minimum Gasteiger partial charge on any atom is -0.494 e. The summed E-state index contributed by atoms with van der Waals surface area (Å²) in [4.78, 5) is 15.3. The second kappa shape index (κ2) is 9.36. The minimum atomic E-state index is -5.72. The zero-order chi connectivity index (χ0) is 23.6. The van der Waals surface area contributed by atoms with Crippen LogP contribution in [0.3, 0.4) is 0 Å². The van der Waals surface area contributed by atoms with Gasteiger partial charge in [-0.1, -0.05) is 12.1 Å². The Morgan fingerprint density at radius 1 is 1.06 bits per heavy atom. The van der Waals surface area contributed by atoms with Gasteiger partial charge in [0.1, 0.15) is 5.75 Å². The van der Waals surface area contributed by atoms with E-state index in [-0.39, 0.29) is 18.6 Å². The Morgan fingerprint density at radius 3 is 2.31 bits per heavy atom. The molecule has 0 saturated carbocycles. The molecule has 2 fully saturated rings. The standard InChI is InChI=1S/C21H26F6N2O3/c1-2-31-16-6-3-5-15(13-16)14-29-10-4-7-19(29)8-11-28(12-9-19)18(30)32-17(20(22,23)24)21(25,26)27/h3,5-6,13,17H,2,4,7-12,14H2,1H3. The molecule has 1 spiro atoms. The third-order valence-corrected chi connectivity index (χ3v) is 6.09. The number of hydrogen-bond donors (Lipinski definition) is 0. The van der Waals surface area contributed by atoms with Crippen molar-refractivity contribution in [2.75, 3.05) is 26.2 Å². The van der Waals surface area contributed by atoms with Crippen LogP contribution in [0, 0.1) is 0 Å². The van der Waals surface area contributed by atoms with Crippen molar-refractivity contribution < 1.29 is 40.6 Å². The molecule has 11 heteroatoms. The number of rotatable bonds is 5. The monoisotopic (exact) mass is 468 g/mol. The van der Waals surface area contributed by atoms with E-state index in [2.05, 4.69) is 9.64 Å². The van der Waals surface area contributed by atoms with Gasteiger partial charge in [-0.05, 0) is 56.8 Å². The molecule has 32 heavy (non-hydrogen) atoms. The highest BCUT2D eigenvalue weighted by molar-refractivity contribution is 5.68. The fourth-order valence-electron chi connectivity index (χ4n) is 4.53. The molecule has 0 aliphatic carbocycles. The largest absolute Gasteiger partial charge is 0.494 e. The lowest BCUT2D eigenvalue weighted by Gasteiger charge is -2.45. The van der Waals surface area contributed by atoms with Gasteiger partial charge in [-0.2, -0.15) is 26.3 Å². The van der Waals surface area contributed by atoms with Crippen molar-refractivity contribution in [3.8, 4) is 5.75 Å². The number of likely N-dealkylation sites (tertiary alicyclic amines) is 2. The molecule has 180 valence electrons. The van der Waals surface area contributed by atoms with Gasteiger partial charge in [0.05, 0.1) is 6.61 Å². The van der Waals surface area contributed by atoms with Gasteiger partial charge in [0.2, 0.25) is 0 Å². The Labute approximate surface area is 182 Å². The first-order valence-electron chi connectivity index (χ1n) is 10.5. The molecule has 2 aliphatic heterocycles. The normalized spacial score (nSPS) is 19.6. The van der Waals surface area contributed by atoms with Crippen LogP contribution in [0.25, 0.3) is 0 Å². The van der Waals surface area contributed by atoms with Gasteiger partial charge < -0.3 is 14.4 Å². The second-order valence-electron chi connectivity index (χ2n) is 8.16. The summed E-state index contributed by atoms with van der Waals surface area (Å²) >= 11 is 0. The van der Waals surface area contributed by atoms with Crippen molar-refractivity contribution in [1.29, 1.82) is 0 Å². The van der Waals surface area contributed by atoms with Crippen molar-refractivity contribution in [3.05, 3.63) is 29.8 Å². The summed E-state index contributed by atoms with van der Waals surface area (Å²) in [6.45, 7) is 4.00. The van der Waals surface area contributed by atoms with Crippen molar-refractivity contribution in [2.24, 2.45) is 0 Å². The third-order valence-electron chi connectivity index (χ3n) is 6.09. The van der Waals surface area contributed by atoms with Crippen LogP contribution < -0.4 is 4.74 Å². The number of halogens is 6. The number of nitrogens with zero attached hydrogens (tertiary/aromatic N) is 2. The van der Waals surface area contributed by atoms with Crippen molar-refractivity contribution in [1.82, 2.24) is 9.80 Å². The number of amides is 1. The summed E-state index contributed by atoms with van der Waals surface area (Å²) < 4.78 is 85.5. The van der Waals surface area contributed by atoms with Crippen LogP contribution in [-0.2, 0) is 11.3 Å². The van der Waals surface area contributed by atoms with E-state index in [9.17, 15) is 31.1 Å². The summed E-state index contributed by atoms with van der Waals surface area (Å²) in [6, 6.07) is 7.71. The fraction of sp³-hybridized carbons (Fsp3) is 0.667. The molecule has 0 atom stereocenters. The van der Waals surface area contributed by atoms with E-state index in [0.717, 1.165) is 35.6 Å². The average Bonchev–Trinajstić information content (AvgIpc) is 3.07. The lowest BCUT2D eigenvalue weighted by Crippen LogP contribution is -2.54. The van der Waals surface area contributed by atoms with E-state index in [0.29, 0.717) is 26.0 Å². The Morgan fingerprint density at radius 2 is 1.72 bits per heavy atom. The fourth-order valence-corrected chi connectivity index (χ4v) is 4.53. The first-order valence-corrected chi connectivity index (χ1v) is 10.5. The van der Waals surface area contributed by atoms with E-state index < -0.39 is 24.5 Å². The minimum absolute atomic E-state index is 0.0384. The van der Waals surface area contributed by atoms with Crippen LogP contribution in [0.2, 0.25) is 0 Å². The molecule has 1 aromatic rings. The van der Waals surface area contributed by atoms with Gasteiger partial charge in [0.15, 0.2) is 0 Å². The van der Waals surface area contributed by atoms with Gasteiger partial charge >= 0.3 is 18.4 Å². The molecular weight excluding hydrogens is 442 g/mol. The predicted octanol–water partition coefficient (Wildman–Crippen LogP) is 5.15. The predicted molar refractivity (Wildman–Crippen MR) is 103 cm³/mol. The highest BCUT2D eigenvalue weighted by atomic mass is 19.4. The summed E-state index contributed by atoms with van der Waals surface area (Å²) in [5.74, 6) is 0.764. The molecular formula is C21H26F6N2O3. The maximum Gasteiger partial charge on any atom is 0.434 e. The van der Waals surface area contributed by atoms with Crippen molar-refractivity contribution >= 4 is 6.09 Å². The van der Waals surface area contributed by atoms with E-state index in [1.54, 1.807) is 0 Å². The van der Waals surface area contributed by atoms with Crippen LogP contribution in [0.5, 0.6) is 5.75 Å². The summed E-state index contributed by atoms with van der Waals surface area (Å²) in [6.07, 6.45) is -14.5. The SMILES string of the molecule is CCOc1cccc(CN2CCCC23CCN(C(=O)OC(C(F)(F)F)C(F)(F)F)CC3)c1. The number of ether oxygens (including phenoxy) is 2. The summed E-state index contributed by atoms with van der Waals surface area (Å²) in [5, 5.41) is 0. The molecule has 0 N–H and O–H groups in total. The zero-order valence-corrected chi connectivity index (χ0v) is 17.6. The average molecular weight is 468 g/mol. The topological polar surface area (TPSA) is 42.0 Å².